The van der Waals surface area contributed by atoms with Crippen LogP contribution in [0.15, 0.2) is 30.5 Å². The first-order valence-corrected chi connectivity index (χ1v) is 7.37. The molecular weight excluding hydrogens is 288 g/mol. The van der Waals surface area contributed by atoms with Crippen LogP contribution in [-0.2, 0) is 13.5 Å². The number of hydrogen-bond donors (Lipinski definition) is 1. The zero-order valence-electron chi connectivity index (χ0n) is 13.0. The minimum Gasteiger partial charge on any atom is -0.435 e. The fraction of sp³-hybridized carbons (Fsp3) is 0.438. The molecule has 0 saturated carbocycles. The van der Waals surface area contributed by atoms with Gasteiger partial charge in [0.1, 0.15) is 5.75 Å². The summed E-state index contributed by atoms with van der Waals surface area (Å²) in [5, 5.41) is 7.88. The molecule has 2 rings (SSSR count). The van der Waals surface area contributed by atoms with Crippen molar-refractivity contribution in [2.24, 2.45) is 7.05 Å². The van der Waals surface area contributed by atoms with Gasteiger partial charge in [-0.2, -0.15) is 13.9 Å². The Morgan fingerprint density at radius 1 is 1.23 bits per heavy atom. The SMILES string of the molecule is CCc1nn(C)cc1NC(CC)c1ccc(OC(F)F)cc1. The lowest BCUT2D eigenvalue weighted by molar-refractivity contribution is -0.0498. The molecule has 1 atom stereocenters. The zero-order valence-corrected chi connectivity index (χ0v) is 13.0. The van der Waals surface area contributed by atoms with Gasteiger partial charge in [-0.15, -0.1) is 0 Å². The van der Waals surface area contributed by atoms with Gasteiger partial charge >= 0.3 is 6.61 Å². The maximum atomic E-state index is 12.2. The second-order valence-corrected chi connectivity index (χ2v) is 5.07. The molecule has 1 heterocycles. The van der Waals surface area contributed by atoms with Gasteiger partial charge in [0.25, 0.3) is 0 Å². The molecule has 1 aromatic heterocycles. The molecule has 0 aliphatic carbocycles. The third kappa shape index (κ3) is 3.96. The topological polar surface area (TPSA) is 39.1 Å². The molecule has 0 fully saturated rings. The minimum absolute atomic E-state index is 0.0927. The first-order valence-electron chi connectivity index (χ1n) is 7.37. The number of alkyl halides is 2. The number of nitrogens with zero attached hydrogens (tertiary/aromatic N) is 2. The highest BCUT2D eigenvalue weighted by Crippen LogP contribution is 2.26. The van der Waals surface area contributed by atoms with Crippen molar-refractivity contribution in [2.45, 2.75) is 39.3 Å². The summed E-state index contributed by atoms with van der Waals surface area (Å²) in [6.45, 7) is 1.34. The second kappa shape index (κ2) is 7.24. The Kier molecular flexibility index (Phi) is 5.35. The number of rotatable bonds is 7. The number of nitrogens with one attached hydrogen (secondary N) is 1. The highest BCUT2D eigenvalue weighted by atomic mass is 19.3. The maximum absolute atomic E-state index is 12.2. The molecule has 0 aliphatic heterocycles. The standard InChI is InChI=1S/C16H21F2N3O/c1-4-13(19-15-10-21(3)20-14(15)5-2)11-6-8-12(9-7-11)22-16(17)18/h6-10,13,16,19H,4-5H2,1-3H3. The summed E-state index contributed by atoms with van der Waals surface area (Å²) in [5.74, 6) is 0.171. The van der Waals surface area contributed by atoms with E-state index < -0.39 is 6.61 Å². The van der Waals surface area contributed by atoms with Crippen LogP contribution in [0, 0.1) is 0 Å². The highest BCUT2D eigenvalue weighted by molar-refractivity contribution is 5.48. The first kappa shape index (κ1) is 16.3. The van der Waals surface area contributed by atoms with Gasteiger partial charge in [-0.3, -0.25) is 4.68 Å². The molecule has 1 N–H and O–H groups in total. The van der Waals surface area contributed by atoms with Crippen LogP contribution >= 0.6 is 0 Å². The summed E-state index contributed by atoms with van der Waals surface area (Å²) in [4.78, 5) is 0. The first-order chi connectivity index (χ1) is 10.5. The van der Waals surface area contributed by atoms with E-state index >= 15 is 0 Å². The van der Waals surface area contributed by atoms with Crippen LogP contribution in [0.3, 0.4) is 0 Å². The molecule has 22 heavy (non-hydrogen) atoms. The van der Waals surface area contributed by atoms with Crippen LogP contribution in [0.4, 0.5) is 14.5 Å². The molecule has 0 amide bonds. The Morgan fingerprint density at radius 2 is 1.91 bits per heavy atom. The number of aromatic nitrogens is 2. The smallest absolute Gasteiger partial charge is 0.387 e. The van der Waals surface area contributed by atoms with E-state index in [2.05, 4.69) is 29.0 Å². The maximum Gasteiger partial charge on any atom is 0.387 e. The fourth-order valence-corrected chi connectivity index (χ4v) is 2.41. The van der Waals surface area contributed by atoms with E-state index in [1.807, 2.05) is 13.2 Å². The van der Waals surface area contributed by atoms with Crippen LogP contribution in [0.2, 0.25) is 0 Å². The lowest BCUT2D eigenvalue weighted by atomic mass is 10.0. The zero-order chi connectivity index (χ0) is 16.1. The highest BCUT2D eigenvalue weighted by Gasteiger charge is 2.14. The van der Waals surface area contributed by atoms with Gasteiger partial charge in [-0.05, 0) is 30.5 Å². The van der Waals surface area contributed by atoms with E-state index in [0.29, 0.717) is 0 Å². The van der Waals surface area contributed by atoms with E-state index in [-0.39, 0.29) is 11.8 Å². The van der Waals surface area contributed by atoms with Gasteiger partial charge < -0.3 is 10.1 Å². The Bertz CT molecular complexity index is 596. The Hall–Kier alpha value is -2.11. The summed E-state index contributed by atoms with van der Waals surface area (Å²) >= 11 is 0. The summed E-state index contributed by atoms with van der Waals surface area (Å²) in [6.07, 6.45) is 3.67. The van der Waals surface area contributed by atoms with Gasteiger partial charge in [-0.1, -0.05) is 26.0 Å². The third-order valence-electron chi connectivity index (χ3n) is 3.49. The van der Waals surface area contributed by atoms with Crippen molar-refractivity contribution in [3.05, 3.63) is 41.7 Å². The van der Waals surface area contributed by atoms with Crippen molar-refractivity contribution in [1.82, 2.24) is 9.78 Å². The summed E-state index contributed by atoms with van der Waals surface area (Å²) in [5.41, 5.74) is 3.04. The average molecular weight is 309 g/mol. The quantitative estimate of drug-likeness (QED) is 0.835. The van der Waals surface area contributed by atoms with E-state index in [0.717, 1.165) is 29.8 Å². The Morgan fingerprint density at radius 3 is 2.45 bits per heavy atom. The summed E-state index contributed by atoms with van der Waals surface area (Å²) in [6, 6.07) is 6.84. The fourth-order valence-electron chi connectivity index (χ4n) is 2.41. The lowest BCUT2D eigenvalue weighted by Gasteiger charge is -2.19. The molecule has 2 aromatic rings. The molecular formula is C16H21F2N3O. The van der Waals surface area contributed by atoms with Crippen molar-refractivity contribution < 1.29 is 13.5 Å². The molecule has 1 aromatic carbocycles. The van der Waals surface area contributed by atoms with Crippen molar-refractivity contribution in [2.75, 3.05) is 5.32 Å². The van der Waals surface area contributed by atoms with E-state index in [1.165, 1.54) is 0 Å². The second-order valence-electron chi connectivity index (χ2n) is 5.07. The van der Waals surface area contributed by atoms with E-state index in [9.17, 15) is 8.78 Å². The monoisotopic (exact) mass is 309 g/mol. The molecule has 1 unspecified atom stereocenters. The number of anilines is 1. The molecule has 120 valence electrons. The average Bonchev–Trinajstić information content (AvgIpc) is 2.85. The van der Waals surface area contributed by atoms with Gasteiger partial charge in [0, 0.05) is 13.2 Å². The van der Waals surface area contributed by atoms with Gasteiger partial charge in [0.05, 0.1) is 17.4 Å². The number of aryl methyl sites for hydroxylation is 2. The van der Waals surface area contributed by atoms with Crippen molar-refractivity contribution in [1.29, 1.82) is 0 Å². The van der Waals surface area contributed by atoms with Crippen LogP contribution in [0.5, 0.6) is 5.75 Å². The number of ether oxygens (including phenoxy) is 1. The molecule has 0 saturated heterocycles. The molecule has 0 spiro atoms. The summed E-state index contributed by atoms with van der Waals surface area (Å²) < 4.78 is 30.5. The lowest BCUT2D eigenvalue weighted by Crippen LogP contribution is -2.10. The van der Waals surface area contributed by atoms with Crippen LogP contribution < -0.4 is 10.1 Å². The Balaban J connectivity index is 2.13. The van der Waals surface area contributed by atoms with E-state index in [1.54, 1.807) is 28.9 Å². The van der Waals surface area contributed by atoms with Crippen LogP contribution in [0.1, 0.15) is 37.6 Å². The number of hydrogen-bond acceptors (Lipinski definition) is 3. The normalized spacial score (nSPS) is 12.5. The van der Waals surface area contributed by atoms with Crippen LogP contribution in [-0.4, -0.2) is 16.4 Å². The minimum atomic E-state index is -2.80. The molecule has 4 nitrogen and oxygen atoms in total. The summed E-state index contributed by atoms with van der Waals surface area (Å²) in [7, 11) is 1.89. The van der Waals surface area contributed by atoms with Crippen molar-refractivity contribution in [3.8, 4) is 5.75 Å². The molecule has 0 bridgehead atoms. The number of halogens is 2. The van der Waals surface area contributed by atoms with E-state index in [4.69, 9.17) is 0 Å². The molecule has 0 radical (unpaired) electrons. The Labute approximate surface area is 129 Å². The van der Waals surface area contributed by atoms with Crippen LogP contribution in [0.25, 0.3) is 0 Å². The van der Waals surface area contributed by atoms with Crippen molar-refractivity contribution >= 4 is 5.69 Å². The predicted octanol–water partition coefficient (Wildman–Crippen LogP) is 4.15. The predicted molar refractivity (Wildman–Crippen MR) is 82.3 cm³/mol. The van der Waals surface area contributed by atoms with Gasteiger partial charge in [-0.25, -0.2) is 0 Å². The largest absolute Gasteiger partial charge is 0.435 e. The molecule has 6 heteroatoms. The number of benzene rings is 1. The molecule has 0 aliphatic rings. The van der Waals surface area contributed by atoms with Gasteiger partial charge in [0.2, 0.25) is 0 Å². The third-order valence-corrected chi connectivity index (χ3v) is 3.49. The van der Waals surface area contributed by atoms with Crippen molar-refractivity contribution in [3.63, 3.8) is 0 Å². The van der Waals surface area contributed by atoms with Gasteiger partial charge in [0.15, 0.2) is 0 Å².